The van der Waals surface area contributed by atoms with E-state index in [1.54, 1.807) is 6.20 Å². The Morgan fingerprint density at radius 1 is 1.26 bits per heavy atom. The zero-order chi connectivity index (χ0) is 13.8. The lowest BCUT2D eigenvalue weighted by molar-refractivity contribution is 0.616. The molecule has 0 saturated carbocycles. The normalized spacial score (nSPS) is 10.5. The van der Waals surface area contributed by atoms with Crippen molar-refractivity contribution in [2.45, 2.75) is 20.0 Å². The van der Waals surface area contributed by atoms with E-state index >= 15 is 0 Å². The highest BCUT2D eigenvalue weighted by Crippen LogP contribution is 2.17. The van der Waals surface area contributed by atoms with Crippen LogP contribution in [0.3, 0.4) is 0 Å². The fourth-order valence-corrected chi connectivity index (χ4v) is 1.95. The second kappa shape index (κ2) is 6.08. The molecule has 0 amide bonds. The van der Waals surface area contributed by atoms with E-state index in [9.17, 15) is 4.79 Å². The molecule has 0 radical (unpaired) electrons. The van der Waals surface area contributed by atoms with Gasteiger partial charge in [-0.3, -0.25) is 4.79 Å². The fraction of sp³-hybridized carbons (Fsp3) is 0.231. The Bertz CT molecular complexity index is 623. The molecule has 1 aromatic heterocycles. The van der Waals surface area contributed by atoms with E-state index < -0.39 is 0 Å². The van der Waals surface area contributed by atoms with Gasteiger partial charge in [-0.05, 0) is 24.6 Å². The minimum Gasteiger partial charge on any atom is -0.378 e. The van der Waals surface area contributed by atoms with Crippen LogP contribution in [-0.2, 0) is 13.1 Å². The largest absolute Gasteiger partial charge is 0.378 e. The average molecular weight is 298 g/mol. The van der Waals surface area contributed by atoms with Crippen molar-refractivity contribution in [2.75, 3.05) is 5.32 Å². The molecule has 2 aromatic rings. The van der Waals surface area contributed by atoms with E-state index in [2.05, 4.69) is 10.4 Å². The van der Waals surface area contributed by atoms with Crippen molar-refractivity contribution in [1.82, 2.24) is 9.78 Å². The van der Waals surface area contributed by atoms with E-state index in [4.69, 9.17) is 23.2 Å². The third-order valence-corrected chi connectivity index (χ3v) is 3.30. The van der Waals surface area contributed by atoms with E-state index in [1.807, 2.05) is 31.2 Å². The van der Waals surface area contributed by atoms with Gasteiger partial charge in [-0.2, -0.15) is 5.10 Å². The maximum Gasteiger partial charge on any atom is 0.287 e. The molecule has 4 nitrogen and oxygen atoms in total. The molecule has 1 heterocycles. The summed E-state index contributed by atoms with van der Waals surface area (Å²) < 4.78 is 1.32. The number of anilines is 1. The maximum absolute atomic E-state index is 11.8. The number of aromatic nitrogens is 2. The van der Waals surface area contributed by atoms with Gasteiger partial charge in [-0.1, -0.05) is 35.3 Å². The topological polar surface area (TPSA) is 46.9 Å². The summed E-state index contributed by atoms with van der Waals surface area (Å²) in [5.74, 6) is 0. The van der Waals surface area contributed by atoms with Crippen LogP contribution >= 0.6 is 23.2 Å². The monoisotopic (exact) mass is 297 g/mol. The van der Waals surface area contributed by atoms with Crippen LogP contribution < -0.4 is 10.9 Å². The van der Waals surface area contributed by atoms with Gasteiger partial charge < -0.3 is 5.32 Å². The Morgan fingerprint density at radius 3 is 2.58 bits per heavy atom. The van der Waals surface area contributed by atoms with Crippen LogP contribution in [0.2, 0.25) is 10.0 Å². The number of hydrogen-bond acceptors (Lipinski definition) is 3. The summed E-state index contributed by atoms with van der Waals surface area (Å²) >= 11 is 11.8. The van der Waals surface area contributed by atoms with Gasteiger partial charge in [0.2, 0.25) is 0 Å². The number of aryl methyl sites for hydroxylation is 1. The summed E-state index contributed by atoms with van der Waals surface area (Å²) in [4.78, 5) is 11.8. The SMILES string of the molecule is CCn1ncc(NCc2ccc(Cl)cc2)c(Cl)c1=O. The van der Waals surface area contributed by atoms with Gasteiger partial charge in [-0.15, -0.1) is 0 Å². The molecule has 0 aliphatic rings. The number of rotatable bonds is 4. The molecular weight excluding hydrogens is 285 g/mol. The van der Waals surface area contributed by atoms with Crippen LogP contribution in [0.4, 0.5) is 5.69 Å². The highest BCUT2D eigenvalue weighted by molar-refractivity contribution is 6.32. The van der Waals surface area contributed by atoms with Crippen LogP contribution in [0.25, 0.3) is 0 Å². The van der Waals surface area contributed by atoms with Crippen molar-refractivity contribution in [3.8, 4) is 0 Å². The number of benzene rings is 1. The Hall–Kier alpha value is -1.52. The van der Waals surface area contributed by atoms with Crippen molar-refractivity contribution in [3.63, 3.8) is 0 Å². The molecule has 0 bridgehead atoms. The van der Waals surface area contributed by atoms with Crippen molar-refractivity contribution < 1.29 is 0 Å². The zero-order valence-corrected chi connectivity index (χ0v) is 11.9. The molecule has 1 aromatic carbocycles. The minimum absolute atomic E-state index is 0.158. The fourth-order valence-electron chi connectivity index (χ4n) is 1.61. The summed E-state index contributed by atoms with van der Waals surface area (Å²) in [5, 5.41) is 7.96. The predicted molar refractivity (Wildman–Crippen MR) is 78.0 cm³/mol. The van der Waals surface area contributed by atoms with Crippen LogP contribution in [0.1, 0.15) is 12.5 Å². The molecule has 2 rings (SSSR count). The number of hydrogen-bond donors (Lipinski definition) is 1. The molecule has 0 spiro atoms. The third kappa shape index (κ3) is 3.28. The molecule has 0 atom stereocenters. The lowest BCUT2D eigenvalue weighted by atomic mass is 10.2. The predicted octanol–water partition coefficient (Wildman–Crippen LogP) is 3.18. The van der Waals surface area contributed by atoms with E-state index in [1.165, 1.54) is 4.68 Å². The standard InChI is InChI=1S/C13H13Cl2N3O/c1-2-18-13(19)12(15)11(8-17-18)16-7-9-3-5-10(14)6-4-9/h3-6,8,16H,2,7H2,1H3. The van der Waals surface area contributed by atoms with Crippen LogP contribution in [0.5, 0.6) is 0 Å². The molecule has 0 saturated heterocycles. The first-order chi connectivity index (χ1) is 9.11. The highest BCUT2D eigenvalue weighted by Gasteiger charge is 2.07. The van der Waals surface area contributed by atoms with E-state index in [0.29, 0.717) is 23.8 Å². The second-order valence-corrected chi connectivity index (χ2v) is 4.79. The zero-order valence-electron chi connectivity index (χ0n) is 10.4. The van der Waals surface area contributed by atoms with Crippen molar-refractivity contribution in [1.29, 1.82) is 0 Å². The molecule has 0 fully saturated rings. The van der Waals surface area contributed by atoms with Crippen LogP contribution in [0.15, 0.2) is 35.3 Å². The Kier molecular flexibility index (Phi) is 4.45. The summed E-state index contributed by atoms with van der Waals surface area (Å²) in [5.41, 5.74) is 1.29. The summed E-state index contributed by atoms with van der Waals surface area (Å²) in [6.45, 7) is 2.88. The summed E-state index contributed by atoms with van der Waals surface area (Å²) in [6.07, 6.45) is 1.56. The lowest BCUT2D eigenvalue weighted by Gasteiger charge is -2.09. The van der Waals surface area contributed by atoms with Gasteiger partial charge in [0, 0.05) is 18.1 Å². The second-order valence-electron chi connectivity index (χ2n) is 3.97. The first-order valence-electron chi connectivity index (χ1n) is 5.85. The highest BCUT2D eigenvalue weighted by atomic mass is 35.5. The molecule has 19 heavy (non-hydrogen) atoms. The van der Waals surface area contributed by atoms with Gasteiger partial charge >= 0.3 is 0 Å². The van der Waals surface area contributed by atoms with Crippen molar-refractivity contribution in [2.24, 2.45) is 0 Å². The smallest absolute Gasteiger partial charge is 0.287 e. The molecule has 0 unspecified atom stereocenters. The number of nitrogens with zero attached hydrogens (tertiary/aromatic N) is 2. The van der Waals surface area contributed by atoms with Gasteiger partial charge in [0.05, 0.1) is 11.9 Å². The van der Waals surface area contributed by atoms with Crippen LogP contribution in [-0.4, -0.2) is 9.78 Å². The molecule has 1 N–H and O–H groups in total. The van der Waals surface area contributed by atoms with Gasteiger partial charge in [0.1, 0.15) is 5.02 Å². The summed E-state index contributed by atoms with van der Waals surface area (Å²) in [7, 11) is 0. The van der Waals surface area contributed by atoms with Gasteiger partial charge in [0.15, 0.2) is 0 Å². The first kappa shape index (κ1) is 13.9. The molecular formula is C13H13Cl2N3O. The Labute approximate surface area is 121 Å². The molecule has 100 valence electrons. The molecule has 0 aliphatic carbocycles. The first-order valence-corrected chi connectivity index (χ1v) is 6.61. The van der Waals surface area contributed by atoms with E-state index in [0.717, 1.165) is 5.56 Å². The van der Waals surface area contributed by atoms with Crippen molar-refractivity contribution >= 4 is 28.9 Å². The van der Waals surface area contributed by atoms with E-state index in [-0.39, 0.29) is 10.6 Å². The van der Waals surface area contributed by atoms with Gasteiger partial charge in [-0.25, -0.2) is 4.68 Å². The third-order valence-electron chi connectivity index (χ3n) is 2.68. The lowest BCUT2D eigenvalue weighted by Crippen LogP contribution is -2.23. The molecule has 0 aliphatic heterocycles. The minimum atomic E-state index is -0.287. The van der Waals surface area contributed by atoms with Gasteiger partial charge in [0.25, 0.3) is 5.56 Å². The molecule has 6 heteroatoms. The number of halogens is 2. The average Bonchev–Trinajstić information content (AvgIpc) is 2.42. The number of nitrogens with one attached hydrogen (secondary N) is 1. The van der Waals surface area contributed by atoms with Crippen LogP contribution in [0, 0.1) is 0 Å². The Morgan fingerprint density at radius 2 is 1.95 bits per heavy atom. The van der Waals surface area contributed by atoms with Crippen molar-refractivity contribution in [3.05, 3.63) is 56.4 Å². The summed E-state index contributed by atoms with van der Waals surface area (Å²) in [6, 6.07) is 7.44. The Balaban J connectivity index is 2.14. The quantitative estimate of drug-likeness (QED) is 0.943. The maximum atomic E-state index is 11.8.